The molecule has 5 nitrogen and oxygen atoms in total. The van der Waals surface area contributed by atoms with Crippen molar-refractivity contribution in [1.29, 1.82) is 0 Å². The molecule has 1 aromatic heterocycles. The smallest absolute Gasteiger partial charge is 0.231 e. The number of nitrogens with zero attached hydrogens (tertiary/aromatic N) is 2. The number of aromatic nitrogens is 1. The first kappa shape index (κ1) is 18.2. The maximum atomic E-state index is 13.5. The Labute approximate surface area is 173 Å². The highest BCUT2D eigenvalue weighted by molar-refractivity contribution is 7.09. The molecule has 0 saturated heterocycles. The first-order valence-corrected chi connectivity index (χ1v) is 10.8. The fraction of sp³-hybridized carbons (Fsp3) is 0.304. The van der Waals surface area contributed by atoms with Gasteiger partial charge >= 0.3 is 0 Å². The summed E-state index contributed by atoms with van der Waals surface area (Å²) in [6, 6.07) is 14.4. The first-order chi connectivity index (χ1) is 14.3. The normalized spacial score (nSPS) is 17.0. The third-order valence-electron chi connectivity index (χ3n) is 5.63. The summed E-state index contributed by atoms with van der Waals surface area (Å²) in [6.07, 6.45) is 4.46. The molecule has 0 radical (unpaired) electrons. The number of aryl methyl sites for hydroxylation is 1. The molecule has 1 atom stereocenters. The highest BCUT2D eigenvalue weighted by Crippen LogP contribution is 2.33. The summed E-state index contributed by atoms with van der Waals surface area (Å²) in [5.41, 5.74) is 3.71. The molecule has 2 heterocycles. The Hall–Kier alpha value is -2.86. The van der Waals surface area contributed by atoms with E-state index in [0.29, 0.717) is 13.1 Å². The predicted octanol–water partition coefficient (Wildman–Crippen LogP) is 4.21. The molecule has 1 amide bonds. The van der Waals surface area contributed by atoms with Crippen molar-refractivity contribution in [2.75, 3.05) is 6.79 Å². The maximum Gasteiger partial charge on any atom is 0.231 e. The number of hydrogen-bond acceptors (Lipinski definition) is 5. The molecule has 0 N–H and O–H groups in total. The summed E-state index contributed by atoms with van der Waals surface area (Å²) < 4.78 is 10.9. The van der Waals surface area contributed by atoms with E-state index in [4.69, 9.17) is 9.47 Å². The van der Waals surface area contributed by atoms with E-state index >= 15 is 0 Å². The van der Waals surface area contributed by atoms with Crippen LogP contribution in [0.4, 0.5) is 0 Å². The molecular weight excluding hydrogens is 384 g/mol. The van der Waals surface area contributed by atoms with E-state index in [2.05, 4.69) is 29.2 Å². The Kier molecular flexibility index (Phi) is 4.94. The highest BCUT2D eigenvalue weighted by atomic mass is 32.1. The van der Waals surface area contributed by atoms with Crippen molar-refractivity contribution >= 4 is 17.2 Å². The van der Waals surface area contributed by atoms with Gasteiger partial charge in [-0.05, 0) is 48.1 Å². The fourth-order valence-electron chi connectivity index (χ4n) is 4.13. The molecule has 0 unspecified atom stereocenters. The standard InChI is InChI=1S/C23H22N2O3S/c26-23(19-7-6-17-3-1-2-4-18(17)12-19)25(14-22-24-9-10-29-22)13-16-5-8-20-21(11-16)28-15-27-20/h1-5,8-11,19H,6-7,12-15H2/t19-/m0/s1. The van der Waals surface area contributed by atoms with Crippen molar-refractivity contribution in [3.63, 3.8) is 0 Å². The van der Waals surface area contributed by atoms with E-state index in [1.54, 1.807) is 17.5 Å². The SMILES string of the molecule is O=C([C@H]1CCc2ccccc2C1)N(Cc1ccc2c(c1)OCO2)Cc1nccs1. The lowest BCUT2D eigenvalue weighted by atomic mass is 9.83. The van der Waals surface area contributed by atoms with E-state index in [1.807, 2.05) is 28.5 Å². The van der Waals surface area contributed by atoms with Crippen LogP contribution in [0.2, 0.25) is 0 Å². The van der Waals surface area contributed by atoms with Gasteiger partial charge in [-0.15, -0.1) is 11.3 Å². The van der Waals surface area contributed by atoms with E-state index in [1.165, 1.54) is 11.1 Å². The Bertz CT molecular complexity index is 1020. The van der Waals surface area contributed by atoms with Crippen LogP contribution >= 0.6 is 11.3 Å². The summed E-state index contributed by atoms with van der Waals surface area (Å²) >= 11 is 1.58. The van der Waals surface area contributed by atoms with Crippen molar-refractivity contribution in [2.45, 2.75) is 32.4 Å². The topological polar surface area (TPSA) is 51.7 Å². The van der Waals surface area contributed by atoms with Crippen molar-refractivity contribution in [1.82, 2.24) is 9.88 Å². The van der Waals surface area contributed by atoms with Crippen molar-refractivity contribution in [3.8, 4) is 11.5 Å². The Morgan fingerprint density at radius 2 is 1.97 bits per heavy atom. The Morgan fingerprint density at radius 3 is 2.83 bits per heavy atom. The summed E-state index contributed by atoms with van der Waals surface area (Å²) in [5, 5.41) is 2.91. The quantitative estimate of drug-likeness (QED) is 0.637. The number of hydrogen-bond donors (Lipinski definition) is 0. The number of ether oxygens (including phenoxy) is 2. The molecule has 2 aliphatic rings. The van der Waals surface area contributed by atoms with Gasteiger partial charge < -0.3 is 14.4 Å². The fourth-order valence-corrected chi connectivity index (χ4v) is 4.76. The number of benzene rings is 2. The van der Waals surface area contributed by atoms with Crippen LogP contribution in [0.5, 0.6) is 11.5 Å². The minimum atomic E-state index is 0.0128. The van der Waals surface area contributed by atoms with Gasteiger partial charge in [0.1, 0.15) is 5.01 Å². The molecule has 5 rings (SSSR count). The number of thiazole rings is 1. The van der Waals surface area contributed by atoms with Gasteiger partial charge in [0.2, 0.25) is 12.7 Å². The molecule has 1 aliphatic heterocycles. The first-order valence-electron chi connectivity index (χ1n) is 9.89. The average molecular weight is 407 g/mol. The number of carbonyl (C=O) groups excluding carboxylic acids is 1. The summed E-state index contributed by atoms with van der Waals surface area (Å²) in [4.78, 5) is 19.9. The second kappa shape index (κ2) is 7.87. The van der Waals surface area contributed by atoms with Gasteiger partial charge in [-0.2, -0.15) is 0 Å². The van der Waals surface area contributed by atoms with Crippen LogP contribution in [0, 0.1) is 5.92 Å². The van der Waals surface area contributed by atoms with Crippen LogP contribution in [0.3, 0.4) is 0 Å². The maximum absolute atomic E-state index is 13.5. The minimum Gasteiger partial charge on any atom is -0.454 e. The van der Waals surface area contributed by atoms with Gasteiger partial charge in [-0.1, -0.05) is 30.3 Å². The zero-order chi connectivity index (χ0) is 19.6. The van der Waals surface area contributed by atoms with Crippen molar-refractivity contribution < 1.29 is 14.3 Å². The molecule has 29 heavy (non-hydrogen) atoms. The van der Waals surface area contributed by atoms with Gasteiger partial charge in [-0.25, -0.2) is 4.98 Å². The van der Waals surface area contributed by atoms with Crippen LogP contribution in [0.1, 0.15) is 28.1 Å². The molecule has 148 valence electrons. The molecule has 0 saturated carbocycles. The lowest BCUT2D eigenvalue weighted by Crippen LogP contribution is -2.37. The summed E-state index contributed by atoms with van der Waals surface area (Å²) in [6.45, 7) is 1.32. The van der Waals surface area contributed by atoms with Crippen molar-refractivity contribution in [3.05, 3.63) is 75.7 Å². The average Bonchev–Trinajstić information content (AvgIpc) is 3.44. The zero-order valence-electron chi connectivity index (χ0n) is 16.0. The third-order valence-corrected chi connectivity index (χ3v) is 6.39. The van der Waals surface area contributed by atoms with Gasteiger partial charge in [0.05, 0.1) is 6.54 Å². The van der Waals surface area contributed by atoms with E-state index in [0.717, 1.165) is 41.3 Å². The number of carbonyl (C=O) groups is 1. The van der Waals surface area contributed by atoms with E-state index < -0.39 is 0 Å². The highest BCUT2D eigenvalue weighted by Gasteiger charge is 2.29. The molecule has 0 fully saturated rings. The van der Waals surface area contributed by atoms with Crippen molar-refractivity contribution in [2.24, 2.45) is 5.92 Å². The van der Waals surface area contributed by atoms with Crippen LogP contribution in [0.25, 0.3) is 0 Å². The van der Waals surface area contributed by atoms with Crippen LogP contribution < -0.4 is 9.47 Å². The molecule has 2 aromatic carbocycles. The lowest BCUT2D eigenvalue weighted by Gasteiger charge is -2.30. The van der Waals surface area contributed by atoms with Gasteiger partial charge in [-0.3, -0.25) is 4.79 Å². The zero-order valence-corrected chi connectivity index (χ0v) is 16.9. The van der Waals surface area contributed by atoms with Crippen LogP contribution in [0.15, 0.2) is 54.0 Å². The van der Waals surface area contributed by atoms with Crippen LogP contribution in [-0.2, 0) is 30.7 Å². The molecule has 1 aliphatic carbocycles. The molecule has 0 bridgehead atoms. The molecular formula is C23H22N2O3S. The predicted molar refractivity (Wildman–Crippen MR) is 111 cm³/mol. The van der Waals surface area contributed by atoms with Crippen LogP contribution in [-0.4, -0.2) is 22.6 Å². The monoisotopic (exact) mass is 406 g/mol. The largest absolute Gasteiger partial charge is 0.454 e. The number of rotatable bonds is 5. The Balaban J connectivity index is 1.37. The second-order valence-electron chi connectivity index (χ2n) is 7.52. The number of amides is 1. The third kappa shape index (κ3) is 3.85. The minimum absolute atomic E-state index is 0.0128. The number of fused-ring (bicyclic) bond motifs is 2. The lowest BCUT2D eigenvalue weighted by molar-refractivity contribution is -0.137. The Morgan fingerprint density at radius 1 is 1.10 bits per heavy atom. The summed E-state index contributed by atoms with van der Waals surface area (Å²) in [7, 11) is 0. The van der Waals surface area contributed by atoms with Gasteiger partial charge in [0.25, 0.3) is 0 Å². The molecule has 3 aromatic rings. The summed E-state index contributed by atoms with van der Waals surface area (Å²) in [5.74, 6) is 1.72. The molecule has 6 heteroatoms. The van der Waals surface area contributed by atoms with E-state index in [-0.39, 0.29) is 18.6 Å². The second-order valence-corrected chi connectivity index (χ2v) is 8.50. The van der Waals surface area contributed by atoms with Gasteiger partial charge in [0.15, 0.2) is 11.5 Å². The molecule has 0 spiro atoms. The van der Waals surface area contributed by atoms with E-state index in [9.17, 15) is 4.79 Å². The van der Waals surface area contributed by atoms with Gasteiger partial charge in [0, 0.05) is 24.0 Å².